The van der Waals surface area contributed by atoms with E-state index in [1.165, 1.54) is 0 Å². The monoisotopic (exact) mass is 676 g/mol. The first-order valence-corrected chi connectivity index (χ1v) is 0. The molecular weight excluding hydrogens is 674 g/mol. The third-order valence-corrected chi connectivity index (χ3v) is 0. The predicted molar refractivity (Wildman–Crippen MR) is 22.1 cm³/mol. The second kappa shape index (κ2) is 54.5. The molecule has 7 heteroatoms. The van der Waals surface area contributed by atoms with Gasteiger partial charge in [0.15, 0.2) is 0 Å². The Morgan fingerprint density at radius 2 is 0.429 bits per heavy atom. The van der Waals surface area contributed by atoms with Gasteiger partial charge in [0.2, 0.25) is 0 Å². The SMILES string of the molecule is [Re].[Re].[Rh+3].[Rh+3].[S-2].[S-2].[S-2]. The minimum Gasteiger partial charge on any atom is -2.00 e. The molecule has 0 atom stereocenters. The van der Waals surface area contributed by atoms with Gasteiger partial charge in [0.05, 0.1) is 0 Å². The normalized spacial score (nSPS) is 0. The molecule has 7 heavy (non-hydrogen) atoms. The zero-order valence-corrected chi connectivity index (χ0v) is 13.8. The summed E-state index contributed by atoms with van der Waals surface area (Å²) in [6.07, 6.45) is 0. The van der Waals surface area contributed by atoms with Crippen LogP contribution in [-0.4, -0.2) is 0 Å². The Labute approximate surface area is 118 Å². The molecule has 0 saturated heterocycles. The van der Waals surface area contributed by atoms with E-state index in [2.05, 4.69) is 0 Å². The molecule has 0 nitrogen and oxygen atoms in total. The van der Waals surface area contributed by atoms with Crippen molar-refractivity contribution in [3.8, 4) is 0 Å². The number of hydrogen-bond acceptors (Lipinski definition) is 0. The van der Waals surface area contributed by atoms with Gasteiger partial charge in [0, 0.05) is 40.8 Å². The Kier molecular flexibility index (Phi) is 584. The molecule has 0 aromatic heterocycles. The van der Waals surface area contributed by atoms with Gasteiger partial charge in [0.25, 0.3) is 0 Å². The zero-order chi connectivity index (χ0) is 0. The van der Waals surface area contributed by atoms with Crippen LogP contribution in [-0.2, 0) is 120 Å². The molecule has 0 aromatic carbocycles. The molecule has 0 aliphatic heterocycles. The van der Waals surface area contributed by atoms with Crippen molar-refractivity contribution in [3.05, 3.63) is 0 Å². The van der Waals surface area contributed by atoms with Crippen LogP contribution in [0.15, 0.2) is 0 Å². The summed E-state index contributed by atoms with van der Waals surface area (Å²) in [6, 6.07) is 0. The summed E-state index contributed by atoms with van der Waals surface area (Å²) >= 11 is 0. The summed E-state index contributed by atoms with van der Waals surface area (Å²) in [6.45, 7) is 0. The van der Waals surface area contributed by atoms with Gasteiger partial charge < -0.3 is 40.5 Å². The fourth-order valence-electron chi connectivity index (χ4n) is 0. The van der Waals surface area contributed by atoms with Crippen molar-refractivity contribution in [2.75, 3.05) is 0 Å². The van der Waals surface area contributed by atoms with Crippen molar-refractivity contribution in [2.24, 2.45) is 0 Å². The van der Waals surface area contributed by atoms with Crippen molar-refractivity contribution in [3.63, 3.8) is 0 Å². The van der Waals surface area contributed by atoms with E-state index in [0.29, 0.717) is 0 Å². The van der Waals surface area contributed by atoms with Crippen molar-refractivity contribution >= 4 is 40.5 Å². The third kappa shape index (κ3) is 42.6. The Bertz CT molecular complexity index is 10.9. The molecule has 0 aliphatic rings. The van der Waals surface area contributed by atoms with Gasteiger partial charge in [-0.3, -0.25) is 0 Å². The molecule has 0 N–H and O–H groups in total. The topological polar surface area (TPSA) is 0 Å². The summed E-state index contributed by atoms with van der Waals surface area (Å²) in [5.74, 6) is 0. The van der Waals surface area contributed by atoms with Crippen LogP contribution >= 0.6 is 0 Å². The van der Waals surface area contributed by atoms with Gasteiger partial charge in [-0.05, 0) is 0 Å². The smallest absolute Gasteiger partial charge is 2.00 e. The standard InChI is InChI=1S/2Re.2Rh.3S/q;;2*+3;3*-2. The van der Waals surface area contributed by atoms with Crippen LogP contribution < -0.4 is 0 Å². The summed E-state index contributed by atoms with van der Waals surface area (Å²) in [7, 11) is 0. The molecule has 0 spiro atoms. The summed E-state index contributed by atoms with van der Waals surface area (Å²) in [5.41, 5.74) is 0. The van der Waals surface area contributed by atoms with E-state index >= 15 is 0 Å². The molecule has 0 heterocycles. The van der Waals surface area contributed by atoms with Crippen LogP contribution in [0, 0.1) is 0 Å². The van der Waals surface area contributed by atoms with E-state index < -0.39 is 0 Å². The molecule has 0 unspecified atom stereocenters. The van der Waals surface area contributed by atoms with Crippen LogP contribution in [0.5, 0.6) is 0 Å². The van der Waals surface area contributed by atoms with Crippen LogP contribution in [0.25, 0.3) is 0 Å². The average Bonchev–Trinajstić information content (AvgIpc) is 0. The first kappa shape index (κ1) is 75.0. The zero-order valence-electron chi connectivity index (χ0n) is 2.65. The summed E-state index contributed by atoms with van der Waals surface area (Å²) in [4.78, 5) is 0. The maximum Gasteiger partial charge on any atom is 3.00 e. The third-order valence-electron chi connectivity index (χ3n) is 0. The van der Waals surface area contributed by atoms with Gasteiger partial charge in [-0.25, -0.2) is 0 Å². The molecule has 0 aromatic rings. The van der Waals surface area contributed by atoms with Gasteiger partial charge in [-0.1, -0.05) is 0 Å². The second-order valence-electron chi connectivity index (χ2n) is 0. The molecule has 0 fully saturated rings. The first-order chi connectivity index (χ1) is 0. The molecule has 50 valence electrons. The van der Waals surface area contributed by atoms with Crippen molar-refractivity contribution < 1.29 is 79.8 Å². The largest absolute Gasteiger partial charge is 3.00 e. The Hall–Kier alpha value is 3.62. The predicted octanol–water partition coefficient (Wildman–Crippen LogP) is -0.0172. The van der Waals surface area contributed by atoms with Crippen molar-refractivity contribution in [1.82, 2.24) is 0 Å². The Morgan fingerprint density at radius 3 is 0.429 bits per heavy atom. The second-order valence-corrected chi connectivity index (χ2v) is 0. The molecule has 0 amide bonds. The van der Waals surface area contributed by atoms with Crippen LogP contribution in [0.2, 0.25) is 0 Å². The maximum atomic E-state index is 0. The molecular formula is Re2Rh2S3. The van der Waals surface area contributed by atoms with Crippen LogP contribution in [0.1, 0.15) is 0 Å². The quantitative estimate of drug-likeness (QED) is 0.318. The van der Waals surface area contributed by atoms with Gasteiger partial charge in [0.1, 0.15) is 0 Å². The minimum atomic E-state index is 0. The van der Waals surface area contributed by atoms with E-state index in [-0.39, 0.29) is 120 Å². The van der Waals surface area contributed by atoms with Crippen LogP contribution in [0.3, 0.4) is 0 Å². The van der Waals surface area contributed by atoms with E-state index in [1.54, 1.807) is 0 Å². The van der Waals surface area contributed by atoms with E-state index in [4.69, 9.17) is 0 Å². The van der Waals surface area contributed by atoms with E-state index in [9.17, 15) is 0 Å². The summed E-state index contributed by atoms with van der Waals surface area (Å²) in [5, 5.41) is 0. The van der Waals surface area contributed by atoms with Crippen molar-refractivity contribution in [2.45, 2.75) is 0 Å². The maximum absolute atomic E-state index is 0. The minimum absolute atomic E-state index is 0. The molecule has 2 radical (unpaired) electrons. The first-order valence-electron chi connectivity index (χ1n) is 0. The van der Waals surface area contributed by atoms with Gasteiger partial charge in [-0.2, -0.15) is 0 Å². The molecule has 0 aliphatic carbocycles. The fraction of sp³-hybridized carbons (Fsp3) is 0. The van der Waals surface area contributed by atoms with E-state index in [0.717, 1.165) is 0 Å². The molecule has 0 rings (SSSR count). The fourth-order valence-corrected chi connectivity index (χ4v) is 0. The van der Waals surface area contributed by atoms with Crippen molar-refractivity contribution in [1.29, 1.82) is 0 Å². The number of hydrogen-bond donors (Lipinski definition) is 0. The average molecular weight is 674 g/mol. The number of rotatable bonds is 0. The molecule has 0 saturated carbocycles. The van der Waals surface area contributed by atoms with Crippen LogP contribution in [0.4, 0.5) is 0 Å². The molecule has 0 bridgehead atoms. The van der Waals surface area contributed by atoms with Gasteiger partial charge in [-0.15, -0.1) is 0 Å². The Balaban J connectivity index is 0. The van der Waals surface area contributed by atoms with Gasteiger partial charge >= 0.3 is 39.0 Å². The Morgan fingerprint density at radius 1 is 0.429 bits per heavy atom. The van der Waals surface area contributed by atoms with E-state index in [1.807, 2.05) is 0 Å². The summed E-state index contributed by atoms with van der Waals surface area (Å²) < 4.78 is 0.